The minimum Gasteiger partial charge on any atom is -0.310 e. The number of thiophene rings is 1. The SMILES string of the molecule is Cc1nn(C[NH+]2CCC[C@H]2c2cccs2)c(C)c1S(=O)(=O)N1CCCCC1. The number of aromatic nitrogens is 2. The number of piperidine rings is 1. The van der Waals surface area contributed by atoms with Gasteiger partial charge in [-0.2, -0.15) is 9.40 Å². The summed E-state index contributed by atoms with van der Waals surface area (Å²) in [4.78, 5) is 3.32. The Kier molecular flexibility index (Phi) is 5.42. The Labute approximate surface area is 165 Å². The molecule has 0 spiro atoms. The van der Waals surface area contributed by atoms with Crippen LogP contribution in [0.5, 0.6) is 0 Å². The van der Waals surface area contributed by atoms with Gasteiger partial charge >= 0.3 is 0 Å². The molecule has 2 atom stereocenters. The highest BCUT2D eigenvalue weighted by Gasteiger charge is 2.35. The lowest BCUT2D eigenvalue weighted by Crippen LogP contribution is -3.09. The van der Waals surface area contributed by atoms with Gasteiger partial charge in [-0.3, -0.25) is 0 Å². The Morgan fingerprint density at radius 2 is 2.00 bits per heavy atom. The molecule has 2 aliphatic rings. The van der Waals surface area contributed by atoms with Crippen molar-refractivity contribution in [3.63, 3.8) is 0 Å². The normalized spacial score (nSPS) is 24.5. The molecule has 1 N–H and O–H groups in total. The third-order valence-corrected chi connectivity index (χ3v) is 9.09. The van der Waals surface area contributed by atoms with Crippen molar-refractivity contribution >= 4 is 21.4 Å². The van der Waals surface area contributed by atoms with Crippen LogP contribution in [0.3, 0.4) is 0 Å². The van der Waals surface area contributed by atoms with Gasteiger partial charge < -0.3 is 4.90 Å². The number of aryl methyl sites for hydroxylation is 1. The van der Waals surface area contributed by atoms with Gasteiger partial charge in [0.05, 0.1) is 22.8 Å². The van der Waals surface area contributed by atoms with Crippen molar-refractivity contribution < 1.29 is 13.3 Å². The third-order valence-electron chi connectivity index (χ3n) is 5.95. The molecular formula is C19H29N4O2S2+. The van der Waals surface area contributed by atoms with Gasteiger partial charge in [-0.25, -0.2) is 13.1 Å². The Balaban J connectivity index is 1.59. The molecule has 27 heavy (non-hydrogen) atoms. The van der Waals surface area contributed by atoms with Crippen LogP contribution in [0.4, 0.5) is 0 Å². The van der Waals surface area contributed by atoms with Crippen LogP contribution >= 0.6 is 11.3 Å². The summed E-state index contributed by atoms with van der Waals surface area (Å²) in [5.41, 5.74) is 1.41. The summed E-state index contributed by atoms with van der Waals surface area (Å²) < 4.78 is 30.0. The molecule has 2 saturated heterocycles. The molecule has 2 aliphatic heterocycles. The van der Waals surface area contributed by atoms with E-state index in [1.807, 2.05) is 29.9 Å². The van der Waals surface area contributed by atoms with Crippen LogP contribution in [0.1, 0.15) is 54.4 Å². The van der Waals surface area contributed by atoms with Crippen molar-refractivity contribution in [2.24, 2.45) is 0 Å². The molecule has 4 heterocycles. The average Bonchev–Trinajstić information content (AvgIpc) is 3.37. The standard InChI is InChI=1S/C19H28N4O2S2/c1-15-19(27(24,25)22-11-4-3-5-12-22)16(2)23(20-15)14-21-10-6-8-17(21)18-9-7-13-26-18/h7,9,13,17H,3-6,8,10-12,14H2,1-2H3/p+1/t17-/m0/s1. The van der Waals surface area contributed by atoms with Gasteiger partial charge in [-0.1, -0.05) is 12.5 Å². The van der Waals surface area contributed by atoms with Crippen LogP contribution in [-0.2, 0) is 16.7 Å². The van der Waals surface area contributed by atoms with Crippen molar-refractivity contribution in [2.45, 2.75) is 63.6 Å². The Morgan fingerprint density at radius 1 is 1.22 bits per heavy atom. The van der Waals surface area contributed by atoms with Crippen molar-refractivity contribution in [1.29, 1.82) is 0 Å². The van der Waals surface area contributed by atoms with E-state index in [1.165, 1.54) is 22.6 Å². The van der Waals surface area contributed by atoms with E-state index in [0.717, 1.165) is 38.2 Å². The Morgan fingerprint density at radius 3 is 2.70 bits per heavy atom. The van der Waals surface area contributed by atoms with E-state index in [2.05, 4.69) is 22.6 Å². The predicted octanol–water partition coefficient (Wildman–Crippen LogP) is 2.11. The number of nitrogens with zero attached hydrogens (tertiary/aromatic N) is 3. The summed E-state index contributed by atoms with van der Waals surface area (Å²) >= 11 is 1.82. The highest BCUT2D eigenvalue weighted by molar-refractivity contribution is 7.89. The smallest absolute Gasteiger partial charge is 0.246 e. The minimum atomic E-state index is -3.45. The predicted molar refractivity (Wildman–Crippen MR) is 106 cm³/mol. The summed E-state index contributed by atoms with van der Waals surface area (Å²) in [5.74, 6) is 0. The van der Waals surface area contributed by atoms with Crippen LogP contribution < -0.4 is 4.90 Å². The molecule has 0 saturated carbocycles. The molecule has 0 aromatic carbocycles. The second kappa shape index (κ2) is 7.66. The highest BCUT2D eigenvalue weighted by atomic mass is 32.2. The number of hydrogen-bond donors (Lipinski definition) is 1. The maximum atomic E-state index is 13.2. The second-order valence-corrected chi connectivity index (χ2v) is 10.6. The van der Waals surface area contributed by atoms with E-state index >= 15 is 0 Å². The molecule has 6 nitrogen and oxygen atoms in total. The summed E-state index contributed by atoms with van der Waals surface area (Å²) in [6.45, 7) is 6.83. The first-order valence-corrected chi connectivity index (χ1v) is 12.2. The van der Waals surface area contributed by atoms with Crippen molar-refractivity contribution in [1.82, 2.24) is 14.1 Å². The zero-order valence-electron chi connectivity index (χ0n) is 16.1. The van der Waals surface area contributed by atoms with Crippen molar-refractivity contribution in [3.8, 4) is 0 Å². The molecule has 8 heteroatoms. The van der Waals surface area contributed by atoms with E-state index < -0.39 is 10.0 Å². The molecule has 2 aromatic rings. The van der Waals surface area contributed by atoms with Crippen molar-refractivity contribution in [3.05, 3.63) is 33.8 Å². The fraction of sp³-hybridized carbons (Fsp3) is 0.632. The largest absolute Gasteiger partial charge is 0.310 e. The van der Waals surface area contributed by atoms with Crippen LogP contribution in [0.25, 0.3) is 0 Å². The summed E-state index contributed by atoms with van der Waals surface area (Å²) in [6.07, 6.45) is 5.41. The topological polar surface area (TPSA) is 59.6 Å². The van der Waals surface area contributed by atoms with Gasteiger partial charge in [0.1, 0.15) is 10.9 Å². The van der Waals surface area contributed by atoms with E-state index in [-0.39, 0.29) is 0 Å². The average molecular weight is 410 g/mol. The molecule has 4 rings (SSSR count). The quantitative estimate of drug-likeness (QED) is 0.823. The first kappa shape index (κ1) is 19.1. The molecule has 148 valence electrons. The van der Waals surface area contributed by atoms with Gasteiger partial charge in [0.2, 0.25) is 10.0 Å². The second-order valence-electron chi connectivity index (χ2n) is 7.74. The monoisotopic (exact) mass is 409 g/mol. The lowest BCUT2D eigenvalue weighted by atomic mass is 10.2. The number of quaternary nitrogens is 1. The maximum Gasteiger partial charge on any atom is 0.246 e. The van der Waals surface area contributed by atoms with E-state index in [4.69, 9.17) is 0 Å². The van der Waals surface area contributed by atoms with E-state index in [1.54, 1.807) is 4.31 Å². The van der Waals surface area contributed by atoms with Gasteiger partial charge in [-0.15, -0.1) is 11.3 Å². The molecule has 0 amide bonds. The van der Waals surface area contributed by atoms with Crippen LogP contribution in [-0.4, -0.2) is 42.1 Å². The number of hydrogen-bond acceptors (Lipinski definition) is 4. The van der Waals surface area contributed by atoms with Gasteiger partial charge in [0.15, 0.2) is 6.67 Å². The highest BCUT2D eigenvalue weighted by Crippen LogP contribution is 2.27. The maximum absolute atomic E-state index is 13.2. The molecule has 2 aromatic heterocycles. The van der Waals surface area contributed by atoms with Crippen LogP contribution in [0.2, 0.25) is 0 Å². The number of sulfonamides is 1. The van der Waals surface area contributed by atoms with Gasteiger partial charge in [0, 0.05) is 25.9 Å². The molecule has 0 aliphatic carbocycles. The summed E-state index contributed by atoms with van der Waals surface area (Å²) in [6, 6.07) is 4.83. The Hall–Kier alpha value is -1.22. The number of rotatable bonds is 5. The minimum absolute atomic E-state index is 0.427. The summed E-state index contributed by atoms with van der Waals surface area (Å²) in [5, 5.41) is 6.78. The summed E-state index contributed by atoms with van der Waals surface area (Å²) in [7, 11) is -3.45. The fourth-order valence-corrected chi connectivity index (χ4v) is 7.38. The Bertz CT molecular complexity index is 883. The van der Waals surface area contributed by atoms with Gasteiger partial charge in [-0.05, 0) is 38.1 Å². The number of likely N-dealkylation sites (tertiary alicyclic amines) is 1. The van der Waals surface area contributed by atoms with E-state index in [0.29, 0.717) is 29.7 Å². The lowest BCUT2D eigenvalue weighted by molar-refractivity contribution is -0.941. The molecule has 2 fully saturated rings. The fourth-order valence-electron chi connectivity index (χ4n) is 4.57. The molecule has 1 unspecified atom stereocenters. The van der Waals surface area contributed by atoms with Crippen LogP contribution in [0, 0.1) is 13.8 Å². The lowest BCUT2D eigenvalue weighted by Gasteiger charge is -2.26. The molecular weight excluding hydrogens is 380 g/mol. The van der Waals surface area contributed by atoms with Crippen LogP contribution in [0.15, 0.2) is 22.4 Å². The van der Waals surface area contributed by atoms with Gasteiger partial charge in [0.25, 0.3) is 0 Å². The molecule has 0 radical (unpaired) electrons. The zero-order valence-corrected chi connectivity index (χ0v) is 17.8. The third kappa shape index (κ3) is 3.60. The first-order chi connectivity index (χ1) is 13.0. The zero-order chi connectivity index (χ0) is 19.0. The number of nitrogens with one attached hydrogen (secondary N) is 1. The molecule has 0 bridgehead atoms. The van der Waals surface area contributed by atoms with Crippen molar-refractivity contribution in [2.75, 3.05) is 19.6 Å². The first-order valence-electron chi connectivity index (χ1n) is 9.90. The van der Waals surface area contributed by atoms with E-state index in [9.17, 15) is 8.42 Å².